The SMILES string of the molecule is Fc1c(F)c(F)c(-n2ccnc2P(C2CCCCC2)C2CCCCC2)c(F)c1F. The molecule has 0 unspecified atom stereocenters. The zero-order valence-electron chi connectivity index (χ0n) is 16.1. The first-order valence-corrected chi connectivity index (χ1v) is 11.8. The van der Waals surface area contributed by atoms with Gasteiger partial charge in [0.05, 0.1) is 0 Å². The van der Waals surface area contributed by atoms with Crippen LogP contribution in [0.4, 0.5) is 22.0 Å². The summed E-state index contributed by atoms with van der Waals surface area (Å²) in [5.74, 6) is -9.57. The second-order valence-corrected chi connectivity index (χ2v) is 10.7. The Morgan fingerprint density at radius 1 is 0.690 bits per heavy atom. The highest BCUT2D eigenvalue weighted by Gasteiger charge is 2.37. The van der Waals surface area contributed by atoms with Gasteiger partial charge in [0.2, 0.25) is 5.82 Å². The summed E-state index contributed by atoms with van der Waals surface area (Å²) in [7, 11) is -0.871. The van der Waals surface area contributed by atoms with Crippen molar-refractivity contribution in [3.05, 3.63) is 41.5 Å². The standard InChI is InChI=1S/C21H24F5N2P/c22-15-16(23)18(25)20(19(26)17(15)24)28-12-11-27-21(28)29(13-7-3-1-4-8-13)14-9-5-2-6-10-14/h11-14H,1-10H2. The van der Waals surface area contributed by atoms with E-state index in [1.165, 1.54) is 25.2 Å². The average molecular weight is 430 g/mol. The lowest BCUT2D eigenvalue weighted by atomic mass is 9.99. The Morgan fingerprint density at radius 2 is 1.14 bits per heavy atom. The Hall–Kier alpha value is -1.49. The largest absolute Gasteiger partial charge is 0.294 e. The molecule has 2 fully saturated rings. The van der Waals surface area contributed by atoms with E-state index in [1.54, 1.807) is 0 Å². The zero-order chi connectivity index (χ0) is 20.5. The van der Waals surface area contributed by atoms with Gasteiger partial charge in [-0.1, -0.05) is 38.5 Å². The van der Waals surface area contributed by atoms with Gasteiger partial charge in [-0.25, -0.2) is 26.9 Å². The molecule has 1 heterocycles. The van der Waals surface area contributed by atoms with Gasteiger partial charge >= 0.3 is 0 Å². The smallest absolute Gasteiger partial charge is 0.200 e. The quantitative estimate of drug-likeness (QED) is 0.240. The van der Waals surface area contributed by atoms with E-state index in [4.69, 9.17) is 0 Å². The van der Waals surface area contributed by atoms with Gasteiger partial charge in [0.15, 0.2) is 23.3 Å². The first-order valence-electron chi connectivity index (χ1n) is 10.3. The van der Waals surface area contributed by atoms with Crippen molar-refractivity contribution in [2.75, 3.05) is 0 Å². The molecule has 29 heavy (non-hydrogen) atoms. The fourth-order valence-electron chi connectivity index (χ4n) is 4.81. The van der Waals surface area contributed by atoms with Gasteiger partial charge in [-0.05, 0) is 44.9 Å². The Morgan fingerprint density at radius 3 is 1.62 bits per heavy atom. The Balaban J connectivity index is 1.82. The molecule has 1 aromatic carbocycles. The van der Waals surface area contributed by atoms with Crippen LogP contribution in [-0.4, -0.2) is 20.9 Å². The maximum atomic E-state index is 14.5. The van der Waals surface area contributed by atoms with Crippen LogP contribution in [0.2, 0.25) is 0 Å². The lowest BCUT2D eigenvalue weighted by Crippen LogP contribution is -2.31. The number of hydrogen-bond acceptors (Lipinski definition) is 1. The van der Waals surface area contributed by atoms with Gasteiger partial charge in [-0.3, -0.25) is 4.57 Å². The van der Waals surface area contributed by atoms with Gasteiger partial charge in [0, 0.05) is 12.4 Å². The predicted octanol–water partition coefficient (Wildman–Crippen LogP) is 6.34. The molecule has 0 saturated heterocycles. The van der Waals surface area contributed by atoms with Crippen molar-refractivity contribution in [1.29, 1.82) is 0 Å². The molecule has 2 aromatic rings. The van der Waals surface area contributed by atoms with Gasteiger partial charge in [0.25, 0.3) is 0 Å². The van der Waals surface area contributed by atoms with Gasteiger partial charge in [0.1, 0.15) is 11.3 Å². The second-order valence-electron chi connectivity index (χ2n) is 8.01. The number of rotatable bonds is 4. The Kier molecular flexibility index (Phi) is 6.24. The molecule has 1 aromatic heterocycles. The van der Waals surface area contributed by atoms with Crippen molar-refractivity contribution in [2.45, 2.75) is 75.5 Å². The van der Waals surface area contributed by atoms with E-state index in [0.29, 0.717) is 16.9 Å². The molecule has 0 radical (unpaired) electrons. The van der Waals surface area contributed by atoms with Crippen LogP contribution < -0.4 is 5.57 Å². The lowest BCUT2D eigenvalue weighted by molar-refractivity contribution is 0.376. The van der Waals surface area contributed by atoms with E-state index in [1.807, 2.05) is 0 Å². The predicted molar refractivity (Wildman–Crippen MR) is 104 cm³/mol. The van der Waals surface area contributed by atoms with E-state index in [0.717, 1.165) is 55.9 Å². The number of imidazole rings is 1. The van der Waals surface area contributed by atoms with Crippen LogP contribution in [0.5, 0.6) is 0 Å². The fourth-order valence-corrected chi connectivity index (χ4v) is 8.52. The molecule has 0 N–H and O–H groups in total. The van der Waals surface area contributed by atoms with Crippen molar-refractivity contribution in [3.8, 4) is 5.69 Å². The van der Waals surface area contributed by atoms with Crippen molar-refractivity contribution >= 4 is 13.5 Å². The van der Waals surface area contributed by atoms with Crippen LogP contribution in [0.25, 0.3) is 5.69 Å². The molecule has 0 spiro atoms. The summed E-state index contributed by atoms with van der Waals surface area (Å²) in [6, 6.07) is 0. The summed E-state index contributed by atoms with van der Waals surface area (Å²) in [6.07, 6.45) is 13.7. The Bertz CT molecular complexity index is 825. The van der Waals surface area contributed by atoms with Crippen LogP contribution in [0.15, 0.2) is 12.4 Å². The van der Waals surface area contributed by atoms with E-state index in [-0.39, 0.29) is 0 Å². The Labute approximate surface area is 168 Å². The molecular formula is C21H24F5N2P. The van der Waals surface area contributed by atoms with Gasteiger partial charge in [-0.15, -0.1) is 0 Å². The summed E-state index contributed by atoms with van der Waals surface area (Å²) in [4.78, 5) is 4.43. The molecule has 2 aliphatic rings. The highest BCUT2D eigenvalue weighted by molar-refractivity contribution is 7.66. The molecule has 0 atom stereocenters. The number of halogens is 5. The van der Waals surface area contributed by atoms with Crippen molar-refractivity contribution in [3.63, 3.8) is 0 Å². The molecule has 2 saturated carbocycles. The number of aromatic nitrogens is 2. The third-order valence-electron chi connectivity index (χ3n) is 6.22. The zero-order valence-corrected chi connectivity index (χ0v) is 17.0. The molecular weight excluding hydrogens is 406 g/mol. The fraction of sp³-hybridized carbons (Fsp3) is 0.571. The molecule has 2 nitrogen and oxygen atoms in total. The topological polar surface area (TPSA) is 17.8 Å². The summed E-state index contributed by atoms with van der Waals surface area (Å²) in [5.41, 5.74) is 0.337. The van der Waals surface area contributed by atoms with E-state index < -0.39 is 42.7 Å². The molecule has 0 aliphatic heterocycles. The number of nitrogens with zero attached hydrogens (tertiary/aromatic N) is 2. The highest BCUT2D eigenvalue weighted by Crippen LogP contribution is 2.54. The average Bonchev–Trinajstić information content (AvgIpc) is 3.21. The molecule has 158 valence electrons. The molecule has 0 amide bonds. The number of hydrogen-bond donors (Lipinski definition) is 0. The molecule has 8 heteroatoms. The van der Waals surface area contributed by atoms with Crippen LogP contribution >= 0.6 is 7.92 Å². The minimum Gasteiger partial charge on any atom is -0.294 e. The maximum absolute atomic E-state index is 14.5. The van der Waals surface area contributed by atoms with E-state index in [9.17, 15) is 22.0 Å². The van der Waals surface area contributed by atoms with Crippen LogP contribution in [0.1, 0.15) is 64.2 Å². The lowest BCUT2D eigenvalue weighted by Gasteiger charge is -2.38. The van der Waals surface area contributed by atoms with E-state index in [2.05, 4.69) is 4.98 Å². The van der Waals surface area contributed by atoms with Gasteiger partial charge in [-0.2, -0.15) is 0 Å². The normalized spacial score (nSPS) is 19.2. The minimum atomic E-state index is -2.13. The third-order valence-corrected chi connectivity index (χ3v) is 9.62. The highest BCUT2D eigenvalue weighted by atomic mass is 31.1. The van der Waals surface area contributed by atoms with Crippen LogP contribution in [0, 0.1) is 29.1 Å². The maximum Gasteiger partial charge on any atom is 0.200 e. The summed E-state index contributed by atoms with van der Waals surface area (Å²) in [6.45, 7) is 0. The summed E-state index contributed by atoms with van der Waals surface area (Å²) >= 11 is 0. The van der Waals surface area contributed by atoms with Crippen molar-refractivity contribution < 1.29 is 22.0 Å². The van der Waals surface area contributed by atoms with Gasteiger partial charge < -0.3 is 0 Å². The monoisotopic (exact) mass is 430 g/mol. The van der Waals surface area contributed by atoms with E-state index >= 15 is 0 Å². The minimum absolute atomic E-state index is 0.379. The summed E-state index contributed by atoms with van der Waals surface area (Å²) < 4.78 is 71.4. The second kappa shape index (κ2) is 8.71. The van der Waals surface area contributed by atoms with Crippen molar-refractivity contribution in [1.82, 2.24) is 9.55 Å². The first kappa shape index (κ1) is 20.8. The molecule has 2 aliphatic carbocycles. The van der Waals surface area contributed by atoms with Crippen LogP contribution in [0.3, 0.4) is 0 Å². The third kappa shape index (κ3) is 3.83. The first-order chi connectivity index (χ1) is 14.0. The number of benzene rings is 1. The van der Waals surface area contributed by atoms with Crippen molar-refractivity contribution in [2.24, 2.45) is 0 Å². The summed E-state index contributed by atoms with van der Waals surface area (Å²) in [5, 5.41) is 0. The van der Waals surface area contributed by atoms with Crippen LogP contribution in [-0.2, 0) is 0 Å². The molecule has 4 rings (SSSR count). The molecule has 0 bridgehead atoms.